The van der Waals surface area contributed by atoms with Crippen LogP contribution in [-0.4, -0.2) is 30.7 Å². The maximum absolute atomic E-state index is 12.2. The lowest BCUT2D eigenvalue weighted by molar-refractivity contribution is -0.385. The number of carbonyl (C=O) groups is 1. The molecule has 1 saturated heterocycles. The van der Waals surface area contributed by atoms with Crippen LogP contribution in [0, 0.1) is 10.1 Å². The number of nitro groups is 1. The van der Waals surface area contributed by atoms with E-state index in [-0.39, 0.29) is 21.8 Å². The van der Waals surface area contributed by atoms with E-state index in [0.717, 1.165) is 30.9 Å². The van der Waals surface area contributed by atoms with Crippen molar-refractivity contribution in [3.05, 3.63) is 45.5 Å². The lowest BCUT2D eigenvalue weighted by Crippen LogP contribution is -2.33. The third-order valence-electron chi connectivity index (χ3n) is 4.26. The summed E-state index contributed by atoms with van der Waals surface area (Å²) in [5.74, 6) is -1.19. The second kappa shape index (κ2) is 5.64. The van der Waals surface area contributed by atoms with Crippen LogP contribution >= 0.6 is 0 Å². The molecule has 0 spiro atoms. The van der Waals surface area contributed by atoms with Gasteiger partial charge in [-0.2, -0.15) is 0 Å². The molecule has 1 fully saturated rings. The molecule has 0 amide bonds. The zero-order valence-electron chi connectivity index (χ0n) is 11.7. The number of fused-ring (bicyclic) bond motifs is 2. The Morgan fingerprint density at radius 1 is 1.36 bits per heavy atom. The minimum absolute atomic E-state index is 0.0405. The van der Waals surface area contributed by atoms with Gasteiger partial charge in [0.1, 0.15) is 0 Å². The Bertz CT molecular complexity index is 712. The summed E-state index contributed by atoms with van der Waals surface area (Å²) in [6, 6.07) is 3.98. The fraction of sp³-hybridized carbons (Fsp3) is 0.400. The smallest absolute Gasteiger partial charge is 0.335 e. The van der Waals surface area contributed by atoms with Crippen LogP contribution in [0.1, 0.15) is 41.6 Å². The predicted molar refractivity (Wildman–Crippen MR) is 82.2 cm³/mol. The maximum Gasteiger partial charge on any atom is 0.335 e. The summed E-state index contributed by atoms with van der Waals surface area (Å²) in [4.78, 5) is 21.7. The van der Waals surface area contributed by atoms with Crippen LogP contribution < -0.4 is 0 Å². The molecule has 1 aromatic carbocycles. The Labute approximate surface area is 129 Å². The van der Waals surface area contributed by atoms with E-state index in [4.69, 9.17) is 5.11 Å². The maximum atomic E-state index is 12.2. The summed E-state index contributed by atoms with van der Waals surface area (Å²) >= 11 is 0. The Balaban J connectivity index is 2.06. The van der Waals surface area contributed by atoms with Crippen LogP contribution in [0.2, 0.25) is 0 Å². The van der Waals surface area contributed by atoms with E-state index in [9.17, 15) is 19.1 Å². The number of allylic oxidation sites excluding steroid dienone is 1. The van der Waals surface area contributed by atoms with Crippen molar-refractivity contribution in [3.8, 4) is 0 Å². The van der Waals surface area contributed by atoms with Gasteiger partial charge < -0.3 is 5.11 Å². The molecule has 2 heterocycles. The topological polar surface area (TPSA) is 97.5 Å². The minimum atomic E-state index is -1.19. The van der Waals surface area contributed by atoms with Crippen molar-refractivity contribution in [1.82, 2.24) is 0 Å². The number of nitro benzene ring substituents is 1. The fourth-order valence-electron chi connectivity index (χ4n) is 3.19. The van der Waals surface area contributed by atoms with Gasteiger partial charge in [-0.25, -0.2) is 4.79 Å². The molecular formula is C15H15NO5S. The number of carboxylic acid groups (broad SMARTS) is 1. The molecule has 6 nitrogen and oxygen atoms in total. The van der Waals surface area contributed by atoms with Crippen molar-refractivity contribution in [2.45, 2.75) is 36.2 Å². The Morgan fingerprint density at radius 2 is 2.14 bits per heavy atom. The van der Waals surface area contributed by atoms with Gasteiger partial charge in [0.15, 0.2) is 0 Å². The monoisotopic (exact) mass is 321 g/mol. The second-order valence-electron chi connectivity index (χ2n) is 5.61. The average Bonchev–Trinajstić information content (AvgIpc) is 2.46. The van der Waals surface area contributed by atoms with E-state index in [1.165, 1.54) is 12.1 Å². The Hall–Kier alpha value is -2.02. The highest BCUT2D eigenvalue weighted by Crippen LogP contribution is 2.39. The van der Waals surface area contributed by atoms with Crippen LogP contribution in [0.25, 0.3) is 5.57 Å². The van der Waals surface area contributed by atoms with Gasteiger partial charge in [0.05, 0.1) is 21.3 Å². The molecular weight excluding hydrogens is 306 g/mol. The largest absolute Gasteiger partial charge is 0.478 e. The molecule has 0 aliphatic carbocycles. The van der Waals surface area contributed by atoms with E-state index >= 15 is 0 Å². The van der Waals surface area contributed by atoms with E-state index < -0.39 is 21.7 Å². The summed E-state index contributed by atoms with van der Waals surface area (Å²) in [7, 11) is -0.900. The lowest BCUT2D eigenvalue weighted by atomic mass is 9.92. The molecule has 0 saturated carbocycles. The summed E-state index contributed by atoms with van der Waals surface area (Å²) in [6.07, 6.45) is 5.19. The van der Waals surface area contributed by atoms with Gasteiger partial charge in [-0.15, -0.1) is 0 Å². The van der Waals surface area contributed by atoms with E-state index in [0.29, 0.717) is 12.0 Å². The number of aromatic carboxylic acids is 1. The van der Waals surface area contributed by atoms with Gasteiger partial charge in [-0.1, -0.05) is 12.5 Å². The van der Waals surface area contributed by atoms with Crippen LogP contribution in [-0.2, 0) is 10.8 Å². The van der Waals surface area contributed by atoms with Crippen LogP contribution in [0.4, 0.5) is 5.69 Å². The van der Waals surface area contributed by atoms with Crippen molar-refractivity contribution in [2.24, 2.45) is 0 Å². The molecule has 22 heavy (non-hydrogen) atoms. The van der Waals surface area contributed by atoms with Gasteiger partial charge in [-0.3, -0.25) is 14.3 Å². The summed E-state index contributed by atoms with van der Waals surface area (Å²) in [6.45, 7) is 0. The first-order valence-electron chi connectivity index (χ1n) is 7.09. The molecule has 1 aromatic rings. The van der Waals surface area contributed by atoms with Crippen LogP contribution in [0.5, 0.6) is 0 Å². The number of rotatable bonds is 3. The van der Waals surface area contributed by atoms with Gasteiger partial charge in [-0.05, 0) is 37.0 Å². The van der Waals surface area contributed by atoms with E-state index in [1.807, 2.05) is 6.08 Å². The van der Waals surface area contributed by atoms with Crippen molar-refractivity contribution in [1.29, 1.82) is 0 Å². The summed E-state index contributed by atoms with van der Waals surface area (Å²) in [5.41, 5.74) is 0.967. The highest BCUT2D eigenvalue weighted by atomic mass is 32.2. The SMILES string of the molecule is O=C(O)c1ccc(C2=CC3CCCC(C2)S3=O)c([N+](=O)[O-])c1. The van der Waals surface area contributed by atoms with Gasteiger partial charge in [0.2, 0.25) is 0 Å². The molecule has 7 heteroatoms. The number of carboxylic acids is 1. The fourth-order valence-corrected chi connectivity index (χ4v) is 5.12. The van der Waals surface area contributed by atoms with E-state index in [2.05, 4.69) is 0 Å². The summed E-state index contributed by atoms with van der Waals surface area (Å²) in [5, 5.41) is 20.3. The predicted octanol–water partition coefficient (Wildman–Crippen LogP) is 2.75. The van der Waals surface area contributed by atoms with E-state index in [1.54, 1.807) is 0 Å². The first kappa shape index (κ1) is 14.9. The van der Waals surface area contributed by atoms with Crippen molar-refractivity contribution in [2.75, 3.05) is 0 Å². The second-order valence-corrected chi connectivity index (χ2v) is 7.54. The molecule has 2 aliphatic rings. The first-order valence-corrected chi connectivity index (χ1v) is 8.37. The molecule has 1 N–H and O–H groups in total. The number of nitrogens with zero attached hydrogens (tertiary/aromatic N) is 1. The number of benzene rings is 1. The lowest BCUT2D eigenvalue weighted by Gasteiger charge is -2.32. The molecule has 2 bridgehead atoms. The normalized spacial score (nSPS) is 27.1. The molecule has 3 rings (SSSR count). The third-order valence-corrected chi connectivity index (χ3v) is 6.29. The molecule has 0 aromatic heterocycles. The highest BCUT2D eigenvalue weighted by Gasteiger charge is 2.35. The molecule has 2 aliphatic heterocycles. The molecule has 3 unspecified atom stereocenters. The average molecular weight is 321 g/mol. The van der Waals surface area contributed by atoms with Crippen molar-refractivity contribution < 1.29 is 19.0 Å². The zero-order chi connectivity index (χ0) is 15.9. The number of hydrogen-bond acceptors (Lipinski definition) is 4. The van der Waals surface area contributed by atoms with Crippen LogP contribution in [0.3, 0.4) is 0 Å². The molecule has 3 atom stereocenters. The first-order chi connectivity index (χ1) is 10.5. The van der Waals surface area contributed by atoms with Gasteiger partial charge in [0, 0.05) is 22.1 Å². The van der Waals surface area contributed by atoms with Crippen molar-refractivity contribution in [3.63, 3.8) is 0 Å². The number of hydrogen-bond donors (Lipinski definition) is 1. The Morgan fingerprint density at radius 3 is 2.77 bits per heavy atom. The Kier molecular flexibility index (Phi) is 3.82. The quantitative estimate of drug-likeness (QED) is 0.682. The molecule has 116 valence electrons. The van der Waals surface area contributed by atoms with Crippen molar-refractivity contribution >= 4 is 28.0 Å². The standard InChI is InChI=1S/C15H15NO5S/c17-15(18)9-4-5-13(14(8-9)16(19)20)10-6-11-2-1-3-12(7-10)22(11)21/h4-6,8,11-12H,1-3,7H2,(H,17,18). The summed E-state index contributed by atoms with van der Waals surface area (Å²) < 4.78 is 12.2. The van der Waals surface area contributed by atoms with Gasteiger partial charge >= 0.3 is 5.97 Å². The third kappa shape index (κ3) is 2.56. The zero-order valence-corrected chi connectivity index (χ0v) is 12.5. The van der Waals surface area contributed by atoms with Crippen LogP contribution in [0.15, 0.2) is 24.3 Å². The minimum Gasteiger partial charge on any atom is -0.478 e. The molecule has 0 radical (unpaired) electrons. The highest BCUT2D eigenvalue weighted by molar-refractivity contribution is 7.86. The van der Waals surface area contributed by atoms with Gasteiger partial charge in [0.25, 0.3) is 5.69 Å².